The fourth-order valence-corrected chi connectivity index (χ4v) is 2.33. The lowest BCUT2D eigenvalue weighted by molar-refractivity contribution is -0.119. The third-order valence-electron chi connectivity index (χ3n) is 1.92. The second-order valence-corrected chi connectivity index (χ2v) is 4.92. The van der Waals surface area contributed by atoms with Crippen LogP contribution in [0.5, 0.6) is 0 Å². The topological polar surface area (TPSA) is 55.1 Å². The summed E-state index contributed by atoms with van der Waals surface area (Å²) in [6.07, 6.45) is 1.20. The molecule has 0 heterocycles. The number of thioether (sulfide) groups is 1. The molecular formula is C10H22N2OS. The molecule has 0 bridgehead atoms. The van der Waals surface area contributed by atoms with Crippen LogP contribution in [0.2, 0.25) is 0 Å². The quantitative estimate of drug-likeness (QED) is 0.603. The first-order valence-electron chi connectivity index (χ1n) is 5.18. The number of rotatable bonds is 8. The number of carbonyl (C=O) groups excluding carboxylic acids is 1. The molecule has 0 saturated heterocycles. The third kappa shape index (κ3) is 7.21. The van der Waals surface area contributed by atoms with Crippen LogP contribution >= 0.6 is 11.8 Å². The molecule has 0 aromatic rings. The molecule has 1 amide bonds. The zero-order valence-corrected chi connectivity index (χ0v) is 10.2. The zero-order chi connectivity index (χ0) is 11.0. The van der Waals surface area contributed by atoms with E-state index in [0.29, 0.717) is 0 Å². The standard InChI is InChI=1S/C10H22N2OS/c1-4-12-9(10(11)13)7-14-6-5-8(2)3/h8-9,12H,4-7H2,1-3H3,(H2,11,13). The molecule has 1 atom stereocenters. The van der Waals surface area contributed by atoms with Crippen LogP contribution in [0.15, 0.2) is 0 Å². The van der Waals surface area contributed by atoms with Crippen LogP contribution in [0, 0.1) is 5.92 Å². The van der Waals surface area contributed by atoms with Crippen LogP contribution in [-0.4, -0.2) is 30.0 Å². The van der Waals surface area contributed by atoms with E-state index in [-0.39, 0.29) is 11.9 Å². The normalized spacial score (nSPS) is 13.1. The number of likely N-dealkylation sites (N-methyl/N-ethyl adjacent to an activating group) is 1. The van der Waals surface area contributed by atoms with Gasteiger partial charge >= 0.3 is 0 Å². The number of nitrogens with two attached hydrogens (primary N) is 1. The lowest BCUT2D eigenvalue weighted by Crippen LogP contribution is -2.43. The average molecular weight is 218 g/mol. The van der Waals surface area contributed by atoms with E-state index >= 15 is 0 Å². The van der Waals surface area contributed by atoms with E-state index in [2.05, 4.69) is 19.2 Å². The van der Waals surface area contributed by atoms with Crippen LogP contribution in [0.3, 0.4) is 0 Å². The maximum Gasteiger partial charge on any atom is 0.235 e. The van der Waals surface area contributed by atoms with Gasteiger partial charge in [-0.2, -0.15) is 11.8 Å². The number of primary amides is 1. The van der Waals surface area contributed by atoms with Crippen molar-refractivity contribution in [3.8, 4) is 0 Å². The van der Waals surface area contributed by atoms with Gasteiger partial charge < -0.3 is 11.1 Å². The molecule has 4 heteroatoms. The third-order valence-corrected chi connectivity index (χ3v) is 3.01. The highest BCUT2D eigenvalue weighted by molar-refractivity contribution is 7.99. The molecule has 14 heavy (non-hydrogen) atoms. The average Bonchev–Trinajstić information content (AvgIpc) is 2.09. The minimum absolute atomic E-state index is 0.169. The summed E-state index contributed by atoms with van der Waals surface area (Å²) in [4.78, 5) is 11.0. The Morgan fingerprint density at radius 1 is 1.50 bits per heavy atom. The smallest absolute Gasteiger partial charge is 0.235 e. The van der Waals surface area contributed by atoms with Crippen LogP contribution in [0.4, 0.5) is 0 Å². The van der Waals surface area contributed by atoms with E-state index < -0.39 is 0 Å². The van der Waals surface area contributed by atoms with Crippen LogP contribution < -0.4 is 11.1 Å². The Hall–Kier alpha value is -0.220. The van der Waals surface area contributed by atoms with Crippen molar-refractivity contribution in [1.82, 2.24) is 5.32 Å². The summed E-state index contributed by atoms with van der Waals surface area (Å²) in [6, 6.07) is -0.169. The summed E-state index contributed by atoms with van der Waals surface area (Å²) in [7, 11) is 0. The van der Waals surface area contributed by atoms with Gasteiger partial charge in [-0.3, -0.25) is 4.79 Å². The summed E-state index contributed by atoms with van der Waals surface area (Å²) in [5.74, 6) is 2.38. The van der Waals surface area contributed by atoms with Gasteiger partial charge in [-0.15, -0.1) is 0 Å². The summed E-state index contributed by atoms with van der Waals surface area (Å²) in [5.41, 5.74) is 5.25. The molecule has 3 N–H and O–H groups in total. The number of hydrogen-bond acceptors (Lipinski definition) is 3. The predicted molar refractivity (Wildman–Crippen MR) is 63.4 cm³/mol. The Kier molecular flexibility index (Phi) is 7.99. The number of carbonyl (C=O) groups is 1. The van der Waals surface area contributed by atoms with Gasteiger partial charge in [0.25, 0.3) is 0 Å². The van der Waals surface area contributed by atoms with E-state index in [4.69, 9.17) is 5.73 Å². The van der Waals surface area contributed by atoms with Gasteiger partial charge in [-0.25, -0.2) is 0 Å². The second kappa shape index (κ2) is 8.12. The van der Waals surface area contributed by atoms with Gasteiger partial charge in [0.15, 0.2) is 0 Å². The van der Waals surface area contributed by atoms with E-state index in [1.165, 1.54) is 6.42 Å². The first kappa shape index (κ1) is 13.8. The van der Waals surface area contributed by atoms with Gasteiger partial charge in [0, 0.05) is 5.75 Å². The van der Waals surface area contributed by atoms with Crippen molar-refractivity contribution in [3.05, 3.63) is 0 Å². The van der Waals surface area contributed by atoms with E-state index in [0.717, 1.165) is 24.0 Å². The fraction of sp³-hybridized carbons (Fsp3) is 0.900. The SMILES string of the molecule is CCNC(CSCCC(C)C)C(N)=O. The molecular weight excluding hydrogens is 196 g/mol. The minimum atomic E-state index is -0.246. The Balaban J connectivity index is 3.56. The van der Waals surface area contributed by atoms with Crippen LogP contribution in [0.1, 0.15) is 27.2 Å². The Bertz CT molecular complexity index is 162. The molecule has 0 fully saturated rings. The highest BCUT2D eigenvalue weighted by Crippen LogP contribution is 2.09. The number of amides is 1. The van der Waals surface area contributed by atoms with Crippen molar-refractivity contribution in [2.75, 3.05) is 18.1 Å². The first-order chi connectivity index (χ1) is 6.57. The molecule has 0 radical (unpaired) electrons. The molecule has 3 nitrogen and oxygen atoms in total. The summed E-state index contributed by atoms with van der Waals surface area (Å²) in [5, 5.41) is 3.07. The first-order valence-corrected chi connectivity index (χ1v) is 6.33. The van der Waals surface area contributed by atoms with E-state index in [1.54, 1.807) is 11.8 Å². The van der Waals surface area contributed by atoms with Crippen molar-refractivity contribution < 1.29 is 4.79 Å². The highest BCUT2D eigenvalue weighted by atomic mass is 32.2. The maximum atomic E-state index is 11.0. The largest absolute Gasteiger partial charge is 0.368 e. The van der Waals surface area contributed by atoms with Crippen LogP contribution in [0.25, 0.3) is 0 Å². The molecule has 0 aliphatic carbocycles. The van der Waals surface area contributed by atoms with Crippen molar-refractivity contribution in [1.29, 1.82) is 0 Å². The summed E-state index contributed by atoms with van der Waals surface area (Å²) in [6.45, 7) is 7.18. The number of hydrogen-bond donors (Lipinski definition) is 2. The van der Waals surface area contributed by atoms with Gasteiger partial charge in [0.1, 0.15) is 0 Å². The van der Waals surface area contributed by atoms with E-state index in [9.17, 15) is 4.79 Å². The molecule has 0 aliphatic rings. The Morgan fingerprint density at radius 3 is 2.57 bits per heavy atom. The van der Waals surface area contributed by atoms with E-state index in [1.807, 2.05) is 6.92 Å². The highest BCUT2D eigenvalue weighted by Gasteiger charge is 2.12. The maximum absolute atomic E-state index is 11.0. The van der Waals surface area contributed by atoms with Gasteiger partial charge in [0.05, 0.1) is 6.04 Å². The summed E-state index contributed by atoms with van der Waals surface area (Å²) < 4.78 is 0. The van der Waals surface area contributed by atoms with Gasteiger partial charge in [-0.1, -0.05) is 20.8 Å². The molecule has 0 aliphatic heterocycles. The van der Waals surface area contributed by atoms with Gasteiger partial charge in [0.2, 0.25) is 5.91 Å². The van der Waals surface area contributed by atoms with Crippen LogP contribution in [-0.2, 0) is 4.79 Å². The van der Waals surface area contributed by atoms with Gasteiger partial charge in [-0.05, 0) is 24.6 Å². The fourth-order valence-electron chi connectivity index (χ4n) is 1.01. The lowest BCUT2D eigenvalue weighted by atomic mass is 10.2. The molecule has 1 unspecified atom stereocenters. The Labute approximate surface area is 91.2 Å². The predicted octanol–water partition coefficient (Wildman–Crippen LogP) is 1.23. The van der Waals surface area contributed by atoms with Crippen molar-refractivity contribution in [2.45, 2.75) is 33.2 Å². The molecule has 0 rings (SSSR count). The monoisotopic (exact) mass is 218 g/mol. The molecule has 0 aromatic heterocycles. The van der Waals surface area contributed by atoms with Crippen molar-refractivity contribution in [2.24, 2.45) is 11.7 Å². The Morgan fingerprint density at radius 2 is 2.14 bits per heavy atom. The van der Waals surface area contributed by atoms with Crippen molar-refractivity contribution >= 4 is 17.7 Å². The molecule has 84 valence electrons. The zero-order valence-electron chi connectivity index (χ0n) is 9.38. The number of nitrogens with one attached hydrogen (secondary N) is 1. The second-order valence-electron chi connectivity index (χ2n) is 3.77. The summed E-state index contributed by atoms with van der Waals surface area (Å²) >= 11 is 1.79. The molecule has 0 aromatic carbocycles. The minimum Gasteiger partial charge on any atom is -0.368 e. The lowest BCUT2D eigenvalue weighted by Gasteiger charge is -2.13. The molecule has 0 spiro atoms. The van der Waals surface area contributed by atoms with Crippen molar-refractivity contribution in [3.63, 3.8) is 0 Å². The molecule has 0 saturated carbocycles.